The summed E-state index contributed by atoms with van der Waals surface area (Å²) in [4.78, 5) is 2.57. The second-order valence-electron chi connectivity index (χ2n) is 6.46. The molecule has 0 bridgehead atoms. The van der Waals surface area contributed by atoms with E-state index in [1.54, 1.807) is 0 Å². The van der Waals surface area contributed by atoms with Gasteiger partial charge in [-0.3, -0.25) is 4.90 Å². The largest absolute Gasteiger partial charge is 0.330 e. The number of hydrogen-bond acceptors (Lipinski definition) is 3. The van der Waals surface area contributed by atoms with Crippen LogP contribution in [-0.4, -0.2) is 24.5 Å². The lowest BCUT2D eigenvalue weighted by Gasteiger charge is -2.16. The summed E-state index contributed by atoms with van der Waals surface area (Å²) >= 11 is 1.85. The van der Waals surface area contributed by atoms with Crippen LogP contribution < -0.4 is 5.73 Å². The molecule has 0 aliphatic carbocycles. The minimum atomic E-state index is 0. The van der Waals surface area contributed by atoms with Gasteiger partial charge in [-0.1, -0.05) is 48.5 Å². The Balaban J connectivity index is 0.00000169. The third-order valence-electron chi connectivity index (χ3n) is 5.00. The van der Waals surface area contributed by atoms with Crippen molar-refractivity contribution >= 4 is 33.8 Å². The van der Waals surface area contributed by atoms with Crippen LogP contribution in [0, 0.1) is 5.92 Å². The first-order chi connectivity index (χ1) is 11.3. The zero-order chi connectivity index (χ0) is 15.6. The van der Waals surface area contributed by atoms with E-state index < -0.39 is 0 Å². The maximum absolute atomic E-state index is 6.06. The Kier molecular flexibility index (Phi) is 5.57. The zero-order valence-electron chi connectivity index (χ0n) is 13.6. The molecule has 2 heterocycles. The number of nitrogens with two attached hydrogens (primary N) is 1. The Morgan fingerprint density at radius 3 is 2.54 bits per heavy atom. The molecule has 4 rings (SSSR count). The number of likely N-dealkylation sites (tertiary alicyclic amines) is 1. The van der Waals surface area contributed by atoms with Crippen molar-refractivity contribution in [2.45, 2.75) is 12.5 Å². The van der Waals surface area contributed by atoms with Gasteiger partial charge in [-0.2, -0.15) is 0 Å². The van der Waals surface area contributed by atoms with Crippen molar-refractivity contribution in [3.8, 4) is 0 Å². The van der Waals surface area contributed by atoms with Crippen LogP contribution in [-0.2, 0) is 6.54 Å². The Bertz CT molecular complexity index is 786. The molecular weight excluding hydrogens is 336 g/mol. The predicted octanol–water partition coefficient (Wildman–Crippen LogP) is 4.50. The number of nitrogens with zero attached hydrogens (tertiary/aromatic N) is 1. The van der Waals surface area contributed by atoms with Gasteiger partial charge in [-0.15, -0.1) is 23.7 Å². The summed E-state index contributed by atoms with van der Waals surface area (Å²) in [5.41, 5.74) is 8.95. The maximum Gasteiger partial charge on any atom is 0.0346 e. The zero-order valence-corrected chi connectivity index (χ0v) is 15.2. The van der Waals surface area contributed by atoms with Crippen molar-refractivity contribution in [1.29, 1.82) is 0 Å². The van der Waals surface area contributed by atoms with E-state index in [1.807, 2.05) is 11.3 Å². The van der Waals surface area contributed by atoms with Gasteiger partial charge in [-0.05, 0) is 40.4 Å². The van der Waals surface area contributed by atoms with Crippen molar-refractivity contribution in [3.05, 3.63) is 71.1 Å². The molecule has 2 atom stereocenters. The van der Waals surface area contributed by atoms with Crippen molar-refractivity contribution < 1.29 is 0 Å². The molecule has 3 aromatic rings. The topological polar surface area (TPSA) is 29.3 Å². The number of hydrogen-bond donors (Lipinski definition) is 1. The Labute approximate surface area is 153 Å². The molecule has 1 fully saturated rings. The fourth-order valence-electron chi connectivity index (χ4n) is 3.80. The minimum Gasteiger partial charge on any atom is -0.330 e. The van der Waals surface area contributed by atoms with E-state index in [9.17, 15) is 0 Å². The number of halogens is 1. The van der Waals surface area contributed by atoms with Crippen molar-refractivity contribution in [2.24, 2.45) is 11.7 Å². The summed E-state index contributed by atoms with van der Waals surface area (Å²) in [6.07, 6.45) is 0. The summed E-state index contributed by atoms with van der Waals surface area (Å²) in [6, 6.07) is 19.6. The van der Waals surface area contributed by atoms with Crippen LogP contribution in [0.2, 0.25) is 0 Å². The fourth-order valence-corrected chi connectivity index (χ4v) is 4.76. The van der Waals surface area contributed by atoms with Gasteiger partial charge in [0.2, 0.25) is 0 Å². The van der Waals surface area contributed by atoms with E-state index in [-0.39, 0.29) is 12.4 Å². The number of rotatable bonds is 4. The fraction of sp³-hybridized carbons (Fsp3) is 0.300. The van der Waals surface area contributed by atoms with Crippen LogP contribution in [0.4, 0.5) is 0 Å². The van der Waals surface area contributed by atoms with Gasteiger partial charge in [-0.25, -0.2) is 0 Å². The van der Waals surface area contributed by atoms with Gasteiger partial charge in [0.15, 0.2) is 0 Å². The van der Waals surface area contributed by atoms with Crippen molar-refractivity contribution in [1.82, 2.24) is 4.90 Å². The molecule has 1 aromatic heterocycles. The summed E-state index contributed by atoms with van der Waals surface area (Å²) in [5.74, 6) is 1.12. The molecule has 0 amide bonds. The third kappa shape index (κ3) is 3.35. The number of thiophene rings is 1. The Morgan fingerprint density at radius 1 is 1.00 bits per heavy atom. The number of benzene rings is 2. The quantitative estimate of drug-likeness (QED) is 0.744. The van der Waals surface area contributed by atoms with E-state index in [4.69, 9.17) is 5.73 Å². The van der Waals surface area contributed by atoms with E-state index in [1.165, 1.54) is 21.2 Å². The van der Waals surface area contributed by atoms with Crippen LogP contribution in [0.3, 0.4) is 0 Å². The highest BCUT2D eigenvalue weighted by Gasteiger charge is 2.32. The lowest BCUT2D eigenvalue weighted by Crippen LogP contribution is -2.23. The molecule has 1 aliphatic rings. The standard InChI is InChI=1S/C20H22N2S.ClH/c21-10-16-11-22(13-19(16)15-6-2-1-3-7-15)12-17-14-23-20-9-5-4-8-18(17)20;/h1-9,14,16,19H,10-13,21H2;1H/t16-,19+;/m1./s1. The van der Waals surface area contributed by atoms with Crippen LogP contribution >= 0.6 is 23.7 Å². The van der Waals surface area contributed by atoms with E-state index in [2.05, 4.69) is 64.9 Å². The van der Waals surface area contributed by atoms with Crippen LogP contribution in [0.15, 0.2) is 60.0 Å². The normalized spacial score (nSPS) is 21.0. The van der Waals surface area contributed by atoms with Crippen LogP contribution in [0.5, 0.6) is 0 Å². The SMILES string of the molecule is Cl.NC[C@@H]1CN(Cc2csc3ccccc23)C[C@H]1c1ccccc1. The third-order valence-corrected chi connectivity index (χ3v) is 6.01. The molecule has 0 unspecified atom stereocenters. The molecule has 1 aliphatic heterocycles. The van der Waals surface area contributed by atoms with Crippen LogP contribution in [0.1, 0.15) is 17.0 Å². The van der Waals surface area contributed by atoms with E-state index in [0.29, 0.717) is 11.8 Å². The Hall–Kier alpha value is -1.39. The summed E-state index contributed by atoms with van der Waals surface area (Å²) in [6.45, 7) is 4.00. The molecule has 2 aromatic carbocycles. The predicted molar refractivity (Wildman–Crippen MR) is 106 cm³/mol. The molecule has 0 spiro atoms. The van der Waals surface area contributed by atoms with Crippen LogP contribution in [0.25, 0.3) is 10.1 Å². The molecule has 2 nitrogen and oxygen atoms in total. The van der Waals surface area contributed by atoms with Gasteiger partial charge in [0, 0.05) is 30.3 Å². The maximum atomic E-state index is 6.06. The van der Waals surface area contributed by atoms with Gasteiger partial charge in [0.1, 0.15) is 0 Å². The van der Waals surface area contributed by atoms with Gasteiger partial charge in [0.05, 0.1) is 0 Å². The first kappa shape index (κ1) is 17.4. The first-order valence-corrected chi connectivity index (χ1v) is 9.15. The molecule has 2 N–H and O–H groups in total. The average molecular weight is 359 g/mol. The highest BCUT2D eigenvalue weighted by molar-refractivity contribution is 7.17. The summed E-state index contributed by atoms with van der Waals surface area (Å²) in [5, 5.41) is 3.72. The lowest BCUT2D eigenvalue weighted by atomic mass is 9.89. The molecular formula is C20H23ClN2S. The molecule has 4 heteroatoms. The van der Waals surface area contributed by atoms with Crippen molar-refractivity contribution in [2.75, 3.05) is 19.6 Å². The molecule has 1 saturated heterocycles. The smallest absolute Gasteiger partial charge is 0.0346 e. The van der Waals surface area contributed by atoms with Gasteiger partial charge in [0.25, 0.3) is 0 Å². The van der Waals surface area contributed by atoms with Gasteiger partial charge < -0.3 is 5.73 Å². The summed E-state index contributed by atoms with van der Waals surface area (Å²) in [7, 11) is 0. The van der Waals surface area contributed by atoms with Crippen molar-refractivity contribution in [3.63, 3.8) is 0 Å². The molecule has 126 valence electrons. The Morgan fingerprint density at radius 2 is 1.75 bits per heavy atom. The second-order valence-corrected chi connectivity index (χ2v) is 7.38. The number of fused-ring (bicyclic) bond motifs is 1. The minimum absolute atomic E-state index is 0. The lowest BCUT2D eigenvalue weighted by molar-refractivity contribution is 0.318. The highest BCUT2D eigenvalue weighted by atomic mass is 35.5. The average Bonchev–Trinajstić information content (AvgIpc) is 3.20. The molecule has 0 saturated carbocycles. The molecule has 0 radical (unpaired) electrons. The van der Waals surface area contributed by atoms with E-state index in [0.717, 1.165) is 26.2 Å². The first-order valence-electron chi connectivity index (χ1n) is 8.27. The molecule has 24 heavy (non-hydrogen) atoms. The second kappa shape index (κ2) is 7.66. The highest BCUT2D eigenvalue weighted by Crippen LogP contribution is 2.34. The van der Waals surface area contributed by atoms with Gasteiger partial charge >= 0.3 is 0 Å². The monoisotopic (exact) mass is 358 g/mol. The van der Waals surface area contributed by atoms with E-state index >= 15 is 0 Å². The summed E-state index contributed by atoms with van der Waals surface area (Å²) < 4.78 is 1.39.